The maximum Gasteiger partial charge on any atom is 0.326 e. The minimum absolute atomic E-state index is 0.140. The molecule has 0 radical (unpaired) electrons. The molecule has 7 nitrogen and oxygen atoms in total. The van der Waals surface area contributed by atoms with E-state index in [0.717, 1.165) is 29.1 Å². The Labute approximate surface area is 168 Å². The van der Waals surface area contributed by atoms with Gasteiger partial charge in [0.15, 0.2) is 6.10 Å². The second-order valence-corrected chi connectivity index (χ2v) is 7.40. The Bertz CT molecular complexity index is 851. The van der Waals surface area contributed by atoms with Crippen LogP contribution in [0.25, 0.3) is 11.3 Å². The first kappa shape index (κ1) is 20.3. The summed E-state index contributed by atoms with van der Waals surface area (Å²) in [5.41, 5.74) is 2.23. The first-order valence-electron chi connectivity index (χ1n) is 9.25. The van der Waals surface area contributed by atoms with Gasteiger partial charge >= 0.3 is 5.97 Å². The molecule has 0 fully saturated rings. The fourth-order valence-corrected chi connectivity index (χ4v) is 3.66. The molecule has 1 aromatic carbocycles. The number of esters is 1. The number of thiazole rings is 1. The molecule has 1 aliphatic rings. The molecule has 1 aromatic heterocycles. The quantitative estimate of drug-likeness (QED) is 0.629. The van der Waals surface area contributed by atoms with Crippen LogP contribution >= 0.6 is 11.3 Å². The molecule has 0 bridgehead atoms. The number of benzene rings is 1. The molecule has 1 aliphatic heterocycles. The molecule has 1 amide bonds. The summed E-state index contributed by atoms with van der Waals surface area (Å²) >= 11 is 1.57. The Morgan fingerprint density at radius 3 is 2.93 bits per heavy atom. The molecule has 1 unspecified atom stereocenters. The van der Waals surface area contributed by atoms with E-state index in [0.29, 0.717) is 24.7 Å². The Morgan fingerprint density at radius 2 is 2.18 bits per heavy atom. The number of carbonyl (C=O) groups is 2. The highest BCUT2D eigenvalue weighted by Crippen LogP contribution is 2.37. The highest BCUT2D eigenvalue weighted by Gasteiger charge is 2.33. The minimum atomic E-state index is -0.655. The van der Waals surface area contributed by atoms with Crippen molar-refractivity contribution in [1.82, 2.24) is 4.98 Å². The van der Waals surface area contributed by atoms with Crippen LogP contribution < -0.4 is 9.64 Å². The fraction of sp³-hybridized carbons (Fsp3) is 0.450. The number of methoxy groups -OCH3 is 1. The third-order valence-electron chi connectivity index (χ3n) is 4.29. The Balaban J connectivity index is 1.87. The summed E-state index contributed by atoms with van der Waals surface area (Å²) in [6.07, 6.45) is 0.827. The first-order valence-corrected chi connectivity index (χ1v) is 10.1. The summed E-state index contributed by atoms with van der Waals surface area (Å²) in [7, 11) is 1.66. The molecule has 2 heterocycles. The Kier molecular flexibility index (Phi) is 6.64. The number of carbonyl (C=O) groups excluding carboxylic acids is 2. The molecule has 0 N–H and O–H groups in total. The highest BCUT2D eigenvalue weighted by atomic mass is 32.1. The van der Waals surface area contributed by atoms with Gasteiger partial charge in [0.2, 0.25) is 0 Å². The Hall–Kier alpha value is -2.45. The van der Waals surface area contributed by atoms with Crippen molar-refractivity contribution in [3.05, 3.63) is 28.6 Å². The predicted molar refractivity (Wildman–Crippen MR) is 107 cm³/mol. The van der Waals surface area contributed by atoms with Crippen molar-refractivity contribution in [2.75, 3.05) is 31.8 Å². The van der Waals surface area contributed by atoms with Gasteiger partial charge in [-0.25, -0.2) is 4.98 Å². The second-order valence-electron chi connectivity index (χ2n) is 6.46. The third kappa shape index (κ3) is 4.51. The molecule has 150 valence electrons. The summed E-state index contributed by atoms with van der Waals surface area (Å²) in [6.45, 7) is 4.41. The molecular weight excluding hydrogens is 380 g/mol. The van der Waals surface area contributed by atoms with Crippen LogP contribution in [0.1, 0.15) is 25.3 Å². The lowest BCUT2D eigenvalue weighted by molar-refractivity contribution is -0.143. The number of fused-ring (bicyclic) bond motifs is 1. The number of nitrogens with zero attached hydrogens (tertiary/aromatic N) is 2. The SMILES string of the molecule is CCCOC(=O)CN1C(=O)C(C)Oc2ccc(-c3csc(CCOC)n3)cc21. The molecule has 0 aliphatic carbocycles. The summed E-state index contributed by atoms with van der Waals surface area (Å²) in [4.78, 5) is 30.8. The van der Waals surface area contributed by atoms with Crippen LogP contribution in [0.15, 0.2) is 23.6 Å². The highest BCUT2D eigenvalue weighted by molar-refractivity contribution is 7.09. The number of anilines is 1. The van der Waals surface area contributed by atoms with Gasteiger partial charge in [0.1, 0.15) is 12.3 Å². The smallest absolute Gasteiger partial charge is 0.326 e. The van der Waals surface area contributed by atoms with Gasteiger partial charge in [0.25, 0.3) is 5.91 Å². The zero-order valence-corrected chi connectivity index (χ0v) is 17.1. The van der Waals surface area contributed by atoms with E-state index in [1.54, 1.807) is 25.4 Å². The number of ether oxygens (including phenoxy) is 3. The minimum Gasteiger partial charge on any atom is -0.479 e. The van der Waals surface area contributed by atoms with E-state index < -0.39 is 12.1 Å². The number of hydrogen-bond acceptors (Lipinski definition) is 7. The average Bonchev–Trinajstić information content (AvgIpc) is 3.17. The van der Waals surface area contributed by atoms with Crippen LogP contribution in [0.2, 0.25) is 0 Å². The van der Waals surface area contributed by atoms with Gasteiger partial charge in [-0.3, -0.25) is 14.5 Å². The van der Waals surface area contributed by atoms with Crippen molar-refractivity contribution in [3.8, 4) is 17.0 Å². The summed E-state index contributed by atoms with van der Waals surface area (Å²) in [5.74, 6) is -0.137. The number of hydrogen-bond donors (Lipinski definition) is 0. The van der Waals surface area contributed by atoms with Gasteiger partial charge < -0.3 is 14.2 Å². The van der Waals surface area contributed by atoms with Crippen molar-refractivity contribution >= 4 is 28.9 Å². The van der Waals surface area contributed by atoms with E-state index in [9.17, 15) is 9.59 Å². The van der Waals surface area contributed by atoms with Crippen LogP contribution in [-0.4, -0.2) is 49.8 Å². The zero-order chi connectivity index (χ0) is 20.1. The fourth-order valence-electron chi connectivity index (χ4n) is 2.87. The average molecular weight is 404 g/mol. The van der Waals surface area contributed by atoms with E-state index in [-0.39, 0.29) is 12.5 Å². The zero-order valence-electron chi connectivity index (χ0n) is 16.3. The molecule has 1 atom stereocenters. The predicted octanol–water partition coefficient (Wildman–Crippen LogP) is 3.07. The van der Waals surface area contributed by atoms with Crippen molar-refractivity contribution in [3.63, 3.8) is 0 Å². The molecule has 28 heavy (non-hydrogen) atoms. The monoisotopic (exact) mass is 404 g/mol. The maximum absolute atomic E-state index is 12.6. The number of rotatable bonds is 8. The van der Waals surface area contributed by atoms with Crippen molar-refractivity contribution in [1.29, 1.82) is 0 Å². The standard InChI is InChI=1S/C20H24N2O5S/c1-4-8-26-19(23)11-22-16-10-14(5-6-17(16)27-13(2)20(22)24)15-12-28-18(21-15)7-9-25-3/h5-6,10,12-13H,4,7-9,11H2,1-3H3. The van der Waals surface area contributed by atoms with Gasteiger partial charge in [0, 0.05) is 24.5 Å². The van der Waals surface area contributed by atoms with Crippen molar-refractivity contribution < 1.29 is 23.8 Å². The first-order chi connectivity index (χ1) is 13.5. The topological polar surface area (TPSA) is 78.0 Å². The summed E-state index contributed by atoms with van der Waals surface area (Å²) < 4.78 is 16.0. The molecule has 3 rings (SSSR count). The lowest BCUT2D eigenvalue weighted by atomic mass is 10.1. The molecule has 2 aromatic rings. The van der Waals surface area contributed by atoms with Gasteiger partial charge in [-0.15, -0.1) is 11.3 Å². The normalized spacial score (nSPS) is 15.9. The number of amides is 1. The van der Waals surface area contributed by atoms with Crippen LogP contribution in [0.4, 0.5) is 5.69 Å². The maximum atomic E-state index is 12.6. The summed E-state index contributed by atoms with van der Waals surface area (Å²) in [6, 6.07) is 5.55. The third-order valence-corrected chi connectivity index (χ3v) is 5.20. The van der Waals surface area contributed by atoms with E-state index in [1.165, 1.54) is 4.90 Å². The summed E-state index contributed by atoms with van der Waals surface area (Å²) in [5, 5.41) is 2.95. The van der Waals surface area contributed by atoms with Crippen LogP contribution in [0.5, 0.6) is 5.75 Å². The van der Waals surface area contributed by atoms with Gasteiger partial charge in [0.05, 0.1) is 29.6 Å². The molecular formula is C20H24N2O5S. The molecule has 0 saturated carbocycles. The van der Waals surface area contributed by atoms with Crippen LogP contribution in [0, 0.1) is 0 Å². The lowest BCUT2D eigenvalue weighted by Crippen LogP contribution is -2.47. The Morgan fingerprint density at radius 1 is 1.36 bits per heavy atom. The molecule has 0 saturated heterocycles. The van der Waals surface area contributed by atoms with Crippen LogP contribution in [0.3, 0.4) is 0 Å². The molecule has 0 spiro atoms. The number of aromatic nitrogens is 1. The van der Waals surface area contributed by atoms with E-state index in [2.05, 4.69) is 4.98 Å². The van der Waals surface area contributed by atoms with E-state index in [4.69, 9.17) is 14.2 Å². The van der Waals surface area contributed by atoms with Gasteiger partial charge in [-0.05, 0) is 31.5 Å². The van der Waals surface area contributed by atoms with E-state index >= 15 is 0 Å². The van der Waals surface area contributed by atoms with Crippen molar-refractivity contribution in [2.45, 2.75) is 32.8 Å². The van der Waals surface area contributed by atoms with E-state index in [1.807, 2.05) is 30.5 Å². The van der Waals surface area contributed by atoms with Crippen LogP contribution in [-0.2, 0) is 25.5 Å². The van der Waals surface area contributed by atoms with Gasteiger partial charge in [-0.1, -0.05) is 6.92 Å². The molecule has 8 heteroatoms. The second kappa shape index (κ2) is 9.16. The largest absolute Gasteiger partial charge is 0.479 e. The van der Waals surface area contributed by atoms with Crippen molar-refractivity contribution in [2.24, 2.45) is 0 Å². The lowest BCUT2D eigenvalue weighted by Gasteiger charge is -2.32. The van der Waals surface area contributed by atoms with Gasteiger partial charge in [-0.2, -0.15) is 0 Å².